The molecule has 1 N–H and O–H groups in total. The summed E-state index contributed by atoms with van der Waals surface area (Å²) in [5.74, 6) is -0.138. The van der Waals surface area contributed by atoms with Crippen LogP contribution in [0.15, 0.2) is 41.4 Å². The summed E-state index contributed by atoms with van der Waals surface area (Å²) in [5, 5.41) is 10.3. The first-order chi connectivity index (χ1) is 10.9. The minimum atomic E-state index is -0.814. The molecule has 0 saturated heterocycles. The van der Waals surface area contributed by atoms with Gasteiger partial charge < -0.3 is 5.11 Å². The summed E-state index contributed by atoms with van der Waals surface area (Å²) in [5.41, 5.74) is 0.942. The molecule has 2 rings (SSSR count). The normalized spacial score (nSPS) is 15.4. The first-order valence-corrected chi connectivity index (χ1v) is 9.29. The Morgan fingerprint density at radius 3 is 2.78 bits per heavy atom. The zero-order chi connectivity index (χ0) is 16.9. The Balaban J connectivity index is 2.05. The monoisotopic (exact) mass is 349 g/mol. The molecule has 2 unspecified atom stereocenters. The average molecular weight is 349 g/mol. The molecule has 6 heteroatoms. The lowest BCUT2D eigenvalue weighted by Gasteiger charge is -2.28. The van der Waals surface area contributed by atoms with Gasteiger partial charge >= 0.3 is 5.97 Å². The van der Waals surface area contributed by atoms with Gasteiger partial charge in [0.25, 0.3) is 0 Å². The van der Waals surface area contributed by atoms with Crippen molar-refractivity contribution >= 4 is 37.1 Å². The van der Waals surface area contributed by atoms with Gasteiger partial charge in [-0.1, -0.05) is 31.2 Å². The number of benzene rings is 1. The van der Waals surface area contributed by atoms with Crippen LogP contribution in [-0.2, 0) is 9.36 Å². The fraction of sp³-hybridized carbons (Fsp3) is 0.412. The van der Waals surface area contributed by atoms with Gasteiger partial charge in [-0.05, 0) is 31.4 Å². The number of carboxylic acid groups (broad SMARTS) is 1. The summed E-state index contributed by atoms with van der Waals surface area (Å²) < 4.78 is 11.7. The summed E-state index contributed by atoms with van der Waals surface area (Å²) >= 11 is 1.56. The molecule has 0 aliphatic carbocycles. The van der Waals surface area contributed by atoms with Crippen molar-refractivity contribution in [1.82, 2.24) is 4.98 Å². The van der Waals surface area contributed by atoms with E-state index in [4.69, 9.17) is 5.11 Å². The van der Waals surface area contributed by atoms with Crippen molar-refractivity contribution in [2.24, 2.45) is 5.92 Å². The summed E-state index contributed by atoms with van der Waals surface area (Å²) in [7, 11) is 0.0452. The van der Waals surface area contributed by atoms with Crippen LogP contribution in [0.3, 0.4) is 0 Å². The number of aromatic nitrogens is 1. The SMILES string of the molecule is CC(CCC(=O)O)C(C)(CSc1ccc2ccccc2n1)P=O. The molecule has 0 aliphatic rings. The Bertz CT molecular complexity index is 709. The van der Waals surface area contributed by atoms with Crippen molar-refractivity contribution < 1.29 is 14.5 Å². The third kappa shape index (κ3) is 4.76. The van der Waals surface area contributed by atoms with Crippen LogP contribution in [0, 0.1) is 5.92 Å². The van der Waals surface area contributed by atoms with Gasteiger partial charge in [-0.15, -0.1) is 11.8 Å². The molecule has 2 aromatic rings. The molecule has 122 valence electrons. The Labute approximate surface area is 141 Å². The molecule has 23 heavy (non-hydrogen) atoms. The summed E-state index contributed by atoms with van der Waals surface area (Å²) in [6, 6.07) is 11.9. The standard InChI is InChI=1S/C17H20NO3PS/c1-12(7-10-16(19)20)17(2,22-21)11-23-15-9-8-13-5-3-4-6-14(13)18-15/h3-6,8-9,12H,7,10-11H2,1-2H3,(H,19,20). The fourth-order valence-corrected chi connectivity index (χ4v) is 4.02. The van der Waals surface area contributed by atoms with E-state index < -0.39 is 11.1 Å². The Kier molecular flexibility index (Phi) is 6.14. The summed E-state index contributed by atoms with van der Waals surface area (Å²) in [6.07, 6.45) is 0.623. The van der Waals surface area contributed by atoms with E-state index in [0.717, 1.165) is 15.9 Å². The second-order valence-electron chi connectivity index (χ2n) is 5.91. The minimum Gasteiger partial charge on any atom is -0.481 e. The highest BCUT2D eigenvalue weighted by atomic mass is 32.2. The number of aliphatic carboxylic acids is 1. The summed E-state index contributed by atoms with van der Waals surface area (Å²) in [4.78, 5) is 15.3. The molecular weight excluding hydrogens is 329 g/mol. The van der Waals surface area contributed by atoms with Crippen molar-refractivity contribution in [1.29, 1.82) is 0 Å². The van der Waals surface area contributed by atoms with Crippen LogP contribution in [-0.4, -0.2) is 27.0 Å². The molecule has 0 bridgehead atoms. The molecule has 1 aromatic carbocycles. The molecule has 1 heterocycles. The van der Waals surface area contributed by atoms with Gasteiger partial charge in [0.1, 0.15) is 0 Å². The number of carbonyl (C=O) groups is 1. The molecule has 2 atom stereocenters. The quantitative estimate of drug-likeness (QED) is 0.543. The topological polar surface area (TPSA) is 67.3 Å². The predicted octanol–water partition coefficient (Wildman–Crippen LogP) is 4.88. The molecule has 0 radical (unpaired) electrons. The van der Waals surface area contributed by atoms with E-state index >= 15 is 0 Å². The van der Waals surface area contributed by atoms with Gasteiger partial charge in [-0.3, -0.25) is 9.36 Å². The Morgan fingerprint density at radius 2 is 2.09 bits per heavy atom. The third-order valence-electron chi connectivity index (χ3n) is 4.15. The number of hydrogen-bond acceptors (Lipinski definition) is 4. The smallest absolute Gasteiger partial charge is 0.303 e. The predicted molar refractivity (Wildman–Crippen MR) is 94.5 cm³/mol. The Morgan fingerprint density at radius 1 is 1.35 bits per heavy atom. The number of carboxylic acids is 1. The van der Waals surface area contributed by atoms with E-state index in [1.807, 2.05) is 50.2 Å². The Hall–Kier alpha value is -1.45. The van der Waals surface area contributed by atoms with Crippen molar-refractivity contribution in [3.8, 4) is 0 Å². The van der Waals surface area contributed by atoms with E-state index in [1.54, 1.807) is 11.8 Å². The highest BCUT2D eigenvalue weighted by Gasteiger charge is 2.32. The average Bonchev–Trinajstić information content (AvgIpc) is 2.57. The van der Waals surface area contributed by atoms with Crippen LogP contribution in [0.4, 0.5) is 0 Å². The number of pyridine rings is 1. The highest BCUT2D eigenvalue weighted by Crippen LogP contribution is 2.39. The first kappa shape index (κ1) is 17.9. The number of thioether (sulfide) groups is 1. The maximum Gasteiger partial charge on any atom is 0.303 e. The number of hydrogen-bond donors (Lipinski definition) is 1. The van der Waals surface area contributed by atoms with Crippen LogP contribution in [0.2, 0.25) is 0 Å². The van der Waals surface area contributed by atoms with E-state index in [9.17, 15) is 9.36 Å². The second kappa shape index (κ2) is 7.89. The van der Waals surface area contributed by atoms with Gasteiger partial charge in [0.15, 0.2) is 8.46 Å². The van der Waals surface area contributed by atoms with Crippen molar-refractivity contribution in [3.63, 3.8) is 0 Å². The van der Waals surface area contributed by atoms with Crippen LogP contribution in [0.1, 0.15) is 26.7 Å². The van der Waals surface area contributed by atoms with Crippen LogP contribution >= 0.6 is 20.2 Å². The van der Waals surface area contributed by atoms with Gasteiger partial charge in [-0.25, -0.2) is 4.98 Å². The number of fused-ring (bicyclic) bond motifs is 1. The van der Waals surface area contributed by atoms with E-state index in [0.29, 0.717) is 12.2 Å². The molecule has 0 spiro atoms. The third-order valence-corrected chi connectivity index (χ3v) is 6.64. The molecule has 0 amide bonds. The maximum absolute atomic E-state index is 11.7. The zero-order valence-corrected chi connectivity index (χ0v) is 14.9. The van der Waals surface area contributed by atoms with Crippen LogP contribution in [0.5, 0.6) is 0 Å². The first-order valence-electron chi connectivity index (χ1n) is 7.49. The molecule has 0 saturated carbocycles. The maximum atomic E-state index is 11.7. The van der Waals surface area contributed by atoms with Crippen LogP contribution < -0.4 is 0 Å². The van der Waals surface area contributed by atoms with Crippen molar-refractivity contribution in [3.05, 3.63) is 36.4 Å². The second-order valence-corrected chi connectivity index (χ2v) is 8.11. The lowest BCUT2D eigenvalue weighted by atomic mass is 9.92. The zero-order valence-electron chi connectivity index (χ0n) is 13.2. The molecule has 0 fully saturated rings. The van der Waals surface area contributed by atoms with E-state index in [1.165, 1.54) is 0 Å². The van der Waals surface area contributed by atoms with Gasteiger partial charge in [0.2, 0.25) is 0 Å². The van der Waals surface area contributed by atoms with E-state index in [2.05, 4.69) is 4.98 Å². The van der Waals surface area contributed by atoms with Gasteiger partial charge in [0, 0.05) is 17.6 Å². The van der Waals surface area contributed by atoms with Gasteiger partial charge in [0.05, 0.1) is 15.7 Å². The van der Waals surface area contributed by atoms with Gasteiger partial charge in [-0.2, -0.15) is 0 Å². The fourth-order valence-electron chi connectivity index (χ4n) is 2.26. The molecule has 1 aromatic heterocycles. The van der Waals surface area contributed by atoms with E-state index in [-0.39, 0.29) is 20.8 Å². The molecule has 4 nitrogen and oxygen atoms in total. The van der Waals surface area contributed by atoms with Crippen molar-refractivity contribution in [2.75, 3.05) is 5.75 Å². The highest BCUT2D eigenvalue weighted by molar-refractivity contribution is 7.99. The molecular formula is C17H20NO3PS. The largest absolute Gasteiger partial charge is 0.481 e. The lowest BCUT2D eigenvalue weighted by molar-refractivity contribution is -0.137. The number of rotatable bonds is 8. The molecule has 0 aliphatic heterocycles. The number of nitrogens with zero attached hydrogens (tertiary/aromatic N) is 1. The van der Waals surface area contributed by atoms with Crippen LogP contribution in [0.25, 0.3) is 10.9 Å². The number of para-hydroxylation sites is 1. The summed E-state index contributed by atoms with van der Waals surface area (Å²) in [6.45, 7) is 3.89. The minimum absolute atomic E-state index is 0.0452. The lowest BCUT2D eigenvalue weighted by Crippen LogP contribution is -2.30. The van der Waals surface area contributed by atoms with Crippen molar-refractivity contribution in [2.45, 2.75) is 36.9 Å².